The zero-order chi connectivity index (χ0) is 22.9. The summed E-state index contributed by atoms with van der Waals surface area (Å²) in [4.78, 5) is 0. The molecule has 0 amide bonds. The Morgan fingerprint density at radius 1 is 0.471 bits per heavy atom. The highest BCUT2D eigenvalue weighted by Gasteiger charge is 2.12. The molecule has 0 bridgehead atoms. The third-order valence-electron chi connectivity index (χ3n) is 6.57. The first kappa shape index (κ1) is 20.5. The summed E-state index contributed by atoms with van der Waals surface area (Å²) in [5.41, 5.74) is 12.4. The van der Waals surface area contributed by atoms with Crippen LogP contribution in [0.4, 0.5) is 5.69 Å². The molecule has 0 saturated heterocycles. The van der Waals surface area contributed by atoms with Crippen molar-refractivity contribution in [2.45, 2.75) is 6.92 Å². The van der Waals surface area contributed by atoms with Crippen LogP contribution < -0.4 is 10.9 Å². The molecule has 6 aromatic rings. The highest BCUT2D eigenvalue weighted by molar-refractivity contribution is 6.25. The first-order chi connectivity index (χ1) is 16.8. The third kappa shape index (κ3) is 3.49. The summed E-state index contributed by atoms with van der Waals surface area (Å²) >= 11 is 0. The molecule has 6 rings (SSSR count). The van der Waals surface area contributed by atoms with Gasteiger partial charge in [0.25, 0.3) is 0 Å². The molecule has 0 aromatic heterocycles. The maximum Gasteiger partial charge on any atom is 0.0493 e. The van der Waals surface area contributed by atoms with E-state index >= 15 is 0 Å². The number of hydrogen-bond donors (Lipinski definition) is 2. The van der Waals surface area contributed by atoms with Crippen molar-refractivity contribution in [1.29, 1.82) is 0 Å². The summed E-state index contributed by atoms with van der Waals surface area (Å²) in [5.74, 6) is 0. The van der Waals surface area contributed by atoms with Crippen molar-refractivity contribution in [3.63, 3.8) is 0 Å². The first-order valence-electron chi connectivity index (χ1n) is 11.9. The van der Waals surface area contributed by atoms with Gasteiger partial charge < -0.3 is 5.43 Å². The van der Waals surface area contributed by atoms with Crippen molar-refractivity contribution < 1.29 is 0 Å². The molecule has 34 heavy (non-hydrogen) atoms. The van der Waals surface area contributed by atoms with Gasteiger partial charge in [0.2, 0.25) is 0 Å². The zero-order valence-corrected chi connectivity index (χ0v) is 19.2. The van der Waals surface area contributed by atoms with Crippen molar-refractivity contribution in [3.8, 4) is 22.3 Å². The van der Waals surface area contributed by atoms with Gasteiger partial charge in [0.15, 0.2) is 0 Å². The van der Waals surface area contributed by atoms with Gasteiger partial charge in [0.05, 0.1) is 0 Å². The molecule has 0 aliphatic heterocycles. The number of hydrazine groups is 1. The standard InChI is InChI=1S/C32H26N2/c1-2-33-34-24-11-9-10-22(20-24)25-12-3-4-13-26(25)23-18-19-31-29-16-6-5-14-27(29)28-15-7-8-17-30(28)32(31)21-23/h3-21,33-34H,2H2,1H3. The second kappa shape index (κ2) is 8.66. The van der Waals surface area contributed by atoms with Crippen molar-refractivity contribution in [2.24, 2.45) is 0 Å². The molecule has 0 unspecified atom stereocenters. The fourth-order valence-corrected chi connectivity index (χ4v) is 5.02. The average Bonchev–Trinajstić information content (AvgIpc) is 2.92. The smallest absolute Gasteiger partial charge is 0.0493 e. The monoisotopic (exact) mass is 438 g/mol. The van der Waals surface area contributed by atoms with Gasteiger partial charge >= 0.3 is 0 Å². The van der Waals surface area contributed by atoms with Crippen molar-refractivity contribution in [3.05, 3.63) is 115 Å². The third-order valence-corrected chi connectivity index (χ3v) is 6.57. The average molecular weight is 439 g/mol. The van der Waals surface area contributed by atoms with E-state index in [0.717, 1.165) is 12.2 Å². The van der Waals surface area contributed by atoms with Crippen LogP contribution in [0, 0.1) is 0 Å². The minimum Gasteiger partial charge on any atom is -0.321 e. The first-order valence-corrected chi connectivity index (χ1v) is 11.9. The van der Waals surface area contributed by atoms with E-state index in [0.29, 0.717) is 0 Å². The fourth-order valence-electron chi connectivity index (χ4n) is 5.02. The number of anilines is 1. The second-order valence-corrected chi connectivity index (χ2v) is 8.63. The fraction of sp³-hybridized carbons (Fsp3) is 0.0625. The Kier molecular flexibility index (Phi) is 5.21. The van der Waals surface area contributed by atoms with Crippen molar-refractivity contribution in [1.82, 2.24) is 5.43 Å². The molecular formula is C32H26N2. The minimum atomic E-state index is 0.862. The highest BCUT2D eigenvalue weighted by Crippen LogP contribution is 2.39. The Balaban J connectivity index is 1.57. The van der Waals surface area contributed by atoms with Gasteiger partial charge in [-0.25, -0.2) is 5.43 Å². The lowest BCUT2D eigenvalue weighted by molar-refractivity contribution is 0.844. The highest BCUT2D eigenvalue weighted by atomic mass is 15.3. The number of benzene rings is 6. The molecule has 0 radical (unpaired) electrons. The molecule has 6 aromatic carbocycles. The van der Waals surface area contributed by atoms with Crippen LogP contribution in [0.15, 0.2) is 115 Å². The Hall–Kier alpha value is -4.14. The number of rotatable bonds is 5. The Labute approximate surface area is 199 Å². The number of hydrogen-bond acceptors (Lipinski definition) is 2. The predicted molar refractivity (Wildman–Crippen MR) is 147 cm³/mol. The number of nitrogens with one attached hydrogen (secondary N) is 2. The molecule has 0 atom stereocenters. The largest absolute Gasteiger partial charge is 0.321 e. The lowest BCUT2D eigenvalue weighted by atomic mass is 9.90. The van der Waals surface area contributed by atoms with Crippen LogP contribution in [0.5, 0.6) is 0 Å². The topological polar surface area (TPSA) is 24.1 Å². The summed E-state index contributed by atoms with van der Waals surface area (Å²) in [6.07, 6.45) is 0. The second-order valence-electron chi connectivity index (χ2n) is 8.63. The molecule has 0 spiro atoms. The number of fused-ring (bicyclic) bond motifs is 6. The molecule has 2 nitrogen and oxygen atoms in total. The molecular weight excluding hydrogens is 412 g/mol. The molecule has 0 fully saturated rings. The SMILES string of the molecule is CCNNc1cccc(-c2ccccc2-c2ccc3c4ccccc4c4ccccc4c3c2)c1. The van der Waals surface area contributed by atoms with E-state index in [2.05, 4.69) is 133 Å². The molecule has 0 aliphatic rings. The summed E-state index contributed by atoms with van der Waals surface area (Å²) in [6.45, 7) is 2.94. The molecule has 0 heterocycles. The molecule has 164 valence electrons. The molecule has 2 heteroatoms. The van der Waals surface area contributed by atoms with Gasteiger partial charge in [0.1, 0.15) is 0 Å². The Morgan fingerprint density at radius 3 is 1.62 bits per heavy atom. The maximum absolute atomic E-state index is 3.28. The molecule has 0 aliphatic carbocycles. The minimum absolute atomic E-state index is 0.862. The van der Waals surface area contributed by atoms with Crippen LogP contribution in [-0.2, 0) is 0 Å². The normalized spacial score (nSPS) is 11.3. The maximum atomic E-state index is 3.28. The summed E-state index contributed by atoms with van der Waals surface area (Å²) in [6, 6.07) is 41.7. The summed E-state index contributed by atoms with van der Waals surface area (Å²) in [5, 5.41) is 7.81. The Morgan fingerprint density at radius 2 is 1.00 bits per heavy atom. The van der Waals surface area contributed by atoms with Crippen LogP contribution in [0.25, 0.3) is 54.6 Å². The van der Waals surface area contributed by atoms with Crippen LogP contribution in [0.1, 0.15) is 6.92 Å². The van der Waals surface area contributed by atoms with E-state index in [-0.39, 0.29) is 0 Å². The summed E-state index contributed by atoms with van der Waals surface area (Å²) < 4.78 is 0. The predicted octanol–water partition coefficient (Wildman–Crippen LogP) is 8.42. The van der Waals surface area contributed by atoms with E-state index in [1.54, 1.807) is 0 Å². The van der Waals surface area contributed by atoms with Gasteiger partial charge in [-0.15, -0.1) is 0 Å². The van der Waals surface area contributed by atoms with Crippen LogP contribution >= 0.6 is 0 Å². The Bertz CT molecular complexity index is 1610. The van der Waals surface area contributed by atoms with E-state index in [9.17, 15) is 0 Å². The van der Waals surface area contributed by atoms with Gasteiger partial charge in [-0.3, -0.25) is 0 Å². The van der Waals surface area contributed by atoms with Crippen LogP contribution in [0.3, 0.4) is 0 Å². The lowest BCUT2D eigenvalue weighted by Crippen LogP contribution is -2.20. The lowest BCUT2D eigenvalue weighted by Gasteiger charge is -2.15. The van der Waals surface area contributed by atoms with E-state index in [1.165, 1.54) is 54.6 Å². The molecule has 2 N–H and O–H groups in total. The van der Waals surface area contributed by atoms with E-state index in [1.807, 2.05) is 0 Å². The van der Waals surface area contributed by atoms with Gasteiger partial charge in [-0.05, 0) is 72.8 Å². The molecule has 0 saturated carbocycles. The van der Waals surface area contributed by atoms with Crippen LogP contribution in [0.2, 0.25) is 0 Å². The summed E-state index contributed by atoms with van der Waals surface area (Å²) in [7, 11) is 0. The quantitative estimate of drug-likeness (QED) is 0.208. The van der Waals surface area contributed by atoms with E-state index in [4.69, 9.17) is 0 Å². The van der Waals surface area contributed by atoms with Crippen molar-refractivity contribution >= 4 is 38.0 Å². The van der Waals surface area contributed by atoms with E-state index < -0.39 is 0 Å². The van der Waals surface area contributed by atoms with Gasteiger partial charge in [0, 0.05) is 12.2 Å². The van der Waals surface area contributed by atoms with Gasteiger partial charge in [-0.2, -0.15) is 0 Å². The van der Waals surface area contributed by atoms with Crippen molar-refractivity contribution in [2.75, 3.05) is 12.0 Å². The van der Waals surface area contributed by atoms with Gasteiger partial charge in [-0.1, -0.05) is 104 Å². The zero-order valence-electron chi connectivity index (χ0n) is 19.2. The van der Waals surface area contributed by atoms with Crippen LogP contribution in [-0.4, -0.2) is 6.54 Å².